The molecule has 4 rings (SSSR count). The van der Waals surface area contributed by atoms with Crippen LogP contribution in [0.3, 0.4) is 0 Å². The molecule has 4 aromatic rings. The highest BCUT2D eigenvalue weighted by atomic mass is 35.5. The van der Waals surface area contributed by atoms with Gasteiger partial charge in [-0.05, 0) is 48.7 Å². The second-order valence-corrected chi connectivity index (χ2v) is 9.63. The number of carboxylic acid groups (broad SMARTS) is 1. The van der Waals surface area contributed by atoms with Crippen molar-refractivity contribution in [1.82, 2.24) is 3.97 Å². The molecule has 8 heteroatoms. The molecule has 0 saturated heterocycles. The van der Waals surface area contributed by atoms with E-state index in [-0.39, 0.29) is 23.5 Å². The normalized spacial score (nSPS) is 11.6. The van der Waals surface area contributed by atoms with E-state index in [2.05, 4.69) is 0 Å². The standard InChI is InChI=1S/C25H22ClNO5S/c1-2-32-23-10-6-9-20(17-7-4-3-5-8-17)25(23)33(30,31)27-16-18(11-14-24(28)29)21-15-19(26)12-13-22(21)27/h3-10,12-13,15-16H,2,11,14H2,1H3,(H,28,29). The summed E-state index contributed by atoms with van der Waals surface area (Å²) in [7, 11) is -4.13. The molecule has 0 bridgehead atoms. The van der Waals surface area contributed by atoms with Gasteiger partial charge in [0, 0.05) is 28.6 Å². The van der Waals surface area contributed by atoms with Gasteiger partial charge < -0.3 is 9.84 Å². The first-order valence-electron chi connectivity index (χ1n) is 10.4. The van der Waals surface area contributed by atoms with Gasteiger partial charge in [-0.2, -0.15) is 0 Å². The van der Waals surface area contributed by atoms with E-state index in [1.807, 2.05) is 30.3 Å². The van der Waals surface area contributed by atoms with Crippen LogP contribution in [-0.2, 0) is 21.2 Å². The first kappa shape index (κ1) is 22.9. The highest BCUT2D eigenvalue weighted by Crippen LogP contribution is 2.38. The fourth-order valence-electron chi connectivity index (χ4n) is 3.87. The van der Waals surface area contributed by atoms with E-state index >= 15 is 0 Å². The lowest BCUT2D eigenvalue weighted by atomic mass is 10.1. The van der Waals surface area contributed by atoms with E-state index in [1.165, 1.54) is 10.2 Å². The van der Waals surface area contributed by atoms with Crippen LogP contribution in [-0.4, -0.2) is 30.1 Å². The van der Waals surface area contributed by atoms with Crippen molar-refractivity contribution in [3.8, 4) is 16.9 Å². The summed E-state index contributed by atoms with van der Waals surface area (Å²) in [5, 5.41) is 10.2. The Kier molecular flexibility index (Phi) is 6.44. The fraction of sp³-hybridized carbons (Fsp3) is 0.160. The Hall–Kier alpha value is -3.29. The summed E-state index contributed by atoms with van der Waals surface area (Å²) >= 11 is 6.17. The minimum atomic E-state index is -4.13. The largest absolute Gasteiger partial charge is 0.492 e. The number of ether oxygens (including phenoxy) is 1. The van der Waals surface area contributed by atoms with E-state index in [4.69, 9.17) is 21.4 Å². The molecule has 33 heavy (non-hydrogen) atoms. The number of fused-ring (bicyclic) bond motifs is 1. The van der Waals surface area contributed by atoms with E-state index in [0.29, 0.717) is 33.7 Å². The lowest BCUT2D eigenvalue weighted by Gasteiger charge is -2.17. The van der Waals surface area contributed by atoms with Gasteiger partial charge in [-0.25, -0.2) is 12.4 Å². The van der Waals surface area contributed by atoms with Gasteiger partial charge >= 0.3 is 5.97 Å². The highest BCUT2D eigenvalue weighted by Gasteiger charge is 2.28. The third-order valence-electron chi connectivity index (χ3n) is 5.30. The molecule has 0 atom stereocenters. The first-order chi connectivity index (χ1) is 15.8. The zero-order valence-electron chi connectivity index (χ0n) is 17.9. The number of carboxylic acids is 1. The van der Waals surface area contributed by atoms with E-state index in [0.717, 1.165) is 5.56 Å². The quantitative estimate of drug-likeness (QED) is 0.352. The Morgan fingerprint density at radius 3 is 2.52 bits per heavy atom. The van der Waals surface area contributed by atoms with Gasteiger partial charge in [0.15, 0.2) is 0 Å². The molecule has 0 unspecified atom stereocenters. The lowest BCUT2D eigenvalue weighted by molar-refractivity contribution is -0.136. The monoisotopic (exact) mass is 483 g/mol. The average Bonchev–Trinajstić information content (AvgIpc) is 3.17. The van der Waals surface area contributed by atoms with Gasteiger partial charge in [-0.1, -0.05) is 54.1 Å². The Bertz CT molecular complexity index is 1430. The van der Waals surface area contributed by atoms with Gasteiger partial charge in [-0.3, -0.25) is 4.79 Å². The molecule has 0 aliphatic rings. The van der Waals surface area contributed by atoms with Gasteiger partial charge in [0.2, 0.25) is 0 Å². The molecular weight excluding hydrogens is 462 g/mol. The summed E-state index contributed by atoms with van der Waals surface area (Å²) in [6.07, 6.45) is 1.53. The number of halogens is 1. The van der Waals surface area contributed by atoms with Crippen molar-refractivity contribution in [2.24, 2.45) is 0 Å². The Morgan fingerprint density at radius 1 is 1.06 bits per heavy atom. The molecule has 0 aliphatic heterocycles. The Morgan fingerprint density at radius 2 is 1.82 bits per heavy atom. The molecule has 3 aromatic carbocycles. The summed E-state index contributed by atoms with van der Waals surface area (Å²) in [5.41, 5.74) is 2.27. The maximum absolute atomic E-state index is 14.1. The van der Waals surface area contributed by atoms with Gasteiger partial charge in [-0.15, -0.1) is 0 Å². The molecular formula is C25H22ClNO5S. The SMILES string of the molecule is CCOc1cccc(-c2ccccc2)c1S(=O)(=O)n1cc(CCC(=O)O)c2cc(Cl)ccc21. The summed E-state index contributed by atoms with van der Waals surface area (Å²) < 4.78 is 35.1. The van der Waals surface area contributed by atoms with Gasteiger partial charge in [0.25, 0.3) is 10.0 Å². The Labute approximate surface area is 197 Å². The molecule has 0 aliphatic carbocycles. The number of nitrogens with zero attached hydrogens (tertiary/aromatic N) is 1. The van der Waals surface area contributed by atoms with Crippen molar-refractivity contribution >= 4 is 38.5 Å². The highest BCUT2D eigenvalue weighted by molar-refractivity contribution is 7.90. The second-order valence-electron chi connectivity index (χ2n) is 7.44. The molecule has 0 spiro atoms. The molecule has 6 nitrogen and oxygen atoms in total. The van der Waals surface area contributed by atoms with Crippen molar-refractivity contribution in [3.63, 3.8) is 0 Å². The zero-order valence-corrected chi connectivity index (χ0v) is 19.4. The number of carbonyl (C=O) groups is 1. The molecule has 0 amide bonds. The van der Waals surface area contributed by atoms with E-state index < -0.39 is 16.0 Å². The van der Waals surface area contributed by atoms with E-state index in [9.17, 15) is 13.2 Å². The zero-order chi connectivity index (χ0) is 23.6. The number of hydrogen-bond donors (Lipinski definition) is 1. The van der Waals surface area contributed by atoms with Crippen molar-refractivity contribution < 1.29 is 23.1 Å². The van der Waals surface area contributed by atoms with Crippen LogP contribution >= 0.6 is 11.6 Å². The van der Waals surface area contributed by atoms with Crippen LogP contribution in [0.4, 0.5) is 0 Å². The number of benzene rings is 3. The van der Waals surface area contributed by atoms with Crippen LogP contribution in [0.2, 0.25) is 5.02 Å². The number of hydrogen-bond acceptors (Lipinski definition) is 4. The van der Waals surface area contributed by atoms with Crippen LogP contribution in [0.5, 0.6) is 5.75 Å². The molecule has 1 N–H and O–H groups in total. The number of aromatic nitrogens is 1. The average molecular weight is 484 g/mol. The summed E-state index contributed by atoms with van der Waals surface area (Å²) in [5.74, 6) is -0.712. The van der Waals surface area contributed by atoms with Crippen molar-refractivity contribution in [3.05, 3.63) is 83.5 Å². The minimum absolute atomic E-state index is 0.0506. The lowest BCUT2D eigenvalue weighted by Crippen LogP contribution is -2.15. The van der Waals surface area contributed by atoms with Crippen molar-refractivity contribution in [2.75, 3.05) is 6.61 Å². The molecule has 170 valence electrons. The van der Waals surface area contributed by atoms with Crippen molar-refractivity contribution in [1.29, 1.82) is 0 Å². The minimum Gasteiger partial charge on any atom is -0.492 e. The number of rotatable bonds is 8. The second kappa shape index (κ2) is 9.29. The van der Waals surface area contributed by atoms with Crippen LogP contribution in [0.15, 0.2) is 77.8 Å². The molecule has 1 heterocycles. The summed E-state index contributed by atoms with van der Waals surface area (Å²) in [4.78, 5) is 11.2. The van der Waals surface area contributed by atoms with Gasteiger partial charge in [0.05, 0.1) is 12.1 Å². The molecule has 0 radical (unpaired) electrons. The fourth-order valence-corrected chi connectivity index (χ4v) is 5.77. The summed E-state index contributed by atoms with van der Waals surface area (Å²) in [6, 6.07) is 19.3. The van der Waals surface area contributed by atoms with Crippen molar-refractivity contribution in [2.45, 2.75) is 24.7 Å². The summed E-state index contributed by atoms with van der Waals surface area (Å²) in [6.45, 7) is 2.09. The molecule has 0 saturated carbocycles. The third-order valence-corrected chi connectivity index (χ3v) is 7.30. The topological polar surface area (TPSA) is 85.6 Å². The maximum Gasteiger partial charge on any atom is 0.303 e. The smallest absolute Gasteiger partial charge is 0.303 e. The predicted molar refractivity (Wildman–Crippen MR) is 129 cm³/mol. The molecule has 1 aromatic heterocycles. The first-order valence-corrected chi connectivity index (χ1v) is 12.2. The van der Waals surface area contributed by atoms with Crippen LogP contribution in [0, 0.1) is 0 Å². The number of aryl methyl sites for hydroxylation is 1. The van der Waals surface area contributed by atoms with Gasteiger partial charge in [0.1, 0.15) is 10.6 Å². The van der Waals surface area contributed by atoms with E-state index in [1.54, 1.807) is 43.3 Å². The number of aliphatic carboxylic acids is 1. The third kappa shape index (κ3) is 4.47. The van der Waals surface area contributed by atoms with Crippen LogP contribution in [0.25, 0.3) is 22.0 Å². The Balaban J connectivity index is 1.99. The van der Waals surface area contributed by atoms with Crippen LogP contribution < -0.4 is 4.74 Å². The molecule has 0 fully saturated rings. The predicted octanol–water partition coefficient (Wildman–Crippen LogP) is 5.61. The van der Waals surface area contributed by atoms with Crippen LogP contribution in [0.1, 0.15) is 18.9 Å². The maximum atomic E-state index is 14.1.